The minimum atomic E-state index is -3.92. The lowest BCUT2D eigenvalue weighted by molar-refractivity contribution is -0.383. The summed E-state index contributed by atoms with van der Waals surface area (Å²) in [4.78, 5) is 25.9. The number of aromatic nitrogens is 4. The Bertz CT molecular complexity index is 1160. The van der Waals surface area contributed by atoms with Gasteiger partial charge in [-0.1, -0.05) is 0 Å². The van der Waals surface area contributed by atoms with Crippen molar-refractivity contribution < 1.29 is 13.3 Å². The van der Waals surface area contributed by atoms with Gasteiger partial charge < -0.3 is 11.1 Å². The summed E-state index contributed by atoms with van der Waals surface area (Å²) in [6.45, 7) is 3.46. The predicted octanol–water partition coefficient (Wildman–Crippen LogP) is 1.92. The lowest BCUT2D eigenvalue weighted by Gasteiger charge is -2.10. The number of rotatable bonds is 6. The maximum Gasteiger partial charge on any atom is 0.353 e. The second-order valence-electron chi connectivity index (χ2n) is 5.94. The number of hydrogen-bond acceptors (Lipinski definition) is 10. The largest absolute Gasteiger partial charge is 0.378 e. The van der Waals surface area contributed by atoms with Crippen molar-refractivity contribution in [3.8, 4) is 0 Å². The molecule has 0 atom stereocenters. The van der Waals surface area contributed by atoms with Crippen molar-refractivity contribution in [2.45, 2.75) is 18.7 Å². The summed E-state index contributed by atoms with van der Waals surface area (Å²) in [6.07, 6.45) is 1.08. The van der Waals surface area contributed by atoms with Crippen LogP contribution in [0, 0.1) is 24.0 Å². The first-order valence-corrected chi connectivity index (χ1v) is 9.61. The van der Waals surface area contributed by atoms with Crippen molar-refractivity contribution in [1.82, 2.24) is 19.9 Å². The number of nitrogens with two attached hydrogens (primary N) is 1. The molecule has 3 rings (SSSR count). The van der Waals surface area contributed by atoms with Gasteiger partial charge in [0.25, 0.3) is 10.0 Å². The first-order chi connectivity index (χ1) is 13.7. The third-order valence-corrected chi connectivity index (χ3v) is 5.01. The van der Waals surface area contributed by atoms with Crippen molar-refractivity contribution in [2.75, 3.05) is 15.8 Å². The van der Waals surface area contributed by atoms with Crippen molar-refractivity contribution in [3.63, 3.8) is 0 Å². The van der Waals surface area contributed by atoms with Crippen LogP contribution in [0.1, 0.15) is 11.4 Å². The molecule has 0 amide bonds. The van der Waals surface area contributed by atoms with Gasteiger partial charge in [0.05, 0.1) is 9.82 Å². The SMILES string of the molecule is Cc1cc(C)nc(NS(=O)(=O)c2ccc(Nc3ncnc(N)c3[N+](=O)[O-])cc2)n1. The van der Waals surface area contributed by atoms with Gasteiger partial charge in [0.1, 0.15) is 6.33 Å². The Balaban J connectivity index is 1.83. The van der Waals surface area contributed by atoms with Crippen LogP contribution in [0.4, 0.5) is 29.0 Å². The van der Waals surface area contributed by atoms with E-state index >= 15 is 0 Å². The smallest absolute Gasteiger partial charge is 0.353 e. The molecule has 12 nitrogen and oxygen atoms in total. The number of nitrogens with zero attached hydrogens (tertiary/aromatic N) is 5. The Morgan fingerprint density at radius 3 is 2.28 bits per heavy atom. The van der Waals surface area contributed by atoms with E-state index in [2.05, 4.69) is 30.0 Å². The summed E-state index contributed by atoms with van der Waals surface area (Å²) in [5.74, 6) is -0.430. The van der Waals surface area contributed by atoms with Gasteiger partial charge in [-0.25, -0.2) is 33.1 Å². The molecule has 0 saturated heterocycles. The molecule has 0 radical (unpaired) electrons. The molecule has 1 aromatic carbocycles. The Morgan fingerprint density at radius 2 is 1.69 bits per heavy atom. The molecule has 3 aromatic rings. The molecule has 0 unspecified atom stereocenters. The molecule has 0 aliphatic carbocycles. The molecule has 0 fully saturated rings. The van der Waals surface area contributed by atoms with E-state index in [9.17, 15) is 18.5 Å². The van der Waals surface area contributed by atoms with Crippen molar-refractivity contribution >= 4 is 39.0 Å². The molecule has 29 heavy (non-hydrogen) atoms. The number of nitrogens with one attached hydrogen (secondary N) is 2. The summed E-state index contributed by atoms with van der Waals surface area (Å²) in [5, 5.41) is 13.9. The minimum Gasteiger partial charge on any atom is -0.378 e. The molecule has 0 aliphatic heterocycles. The van der Waals surface area contributed by atoms with Crippen LogP contribution >= 0.6 is 0 Å². The van der Waals surface area contributed by atoms with E-state index in [4.69, 9.17) is 5.73 Å². The van der Waals surface area contributed by atoms with Gasteiger partial charge >= 0.3 is 5.69 Å². The quantitative estimate of drug-likeness (QED) is 0.397. The van der Waals surface area contributed by atoms with Crippen molar-refractivity contribution in [1.29, 1.82) is 0 Å². The van der Waals surface area contributed by atoms with E-state index < -0.39 is 20.6 Å². The third-order valence-electron chi connectivity index (χ3n) is 3.67. The van der Waals surface area contributed by atoms with Crippen LogP contribution in [0.15, 0.2) is 41.6 Å². The standard InChI is InChI=1S/C16H16N8O4S/c1-9-7-10(2)21-16(20-9)23-29(27,28)12-5-3-11(4-6-12)22-15-13(24(25)26)14(17)18-8-19-15/h3-8H,1-2H3,(H,20,21,23)(H3,17,18,19,22). The zero-order valence-electron chi connectivity index (χ0n) is 15.3. The van der Waals surface area contributed by atoms with Gasteiger partial charge in [-0.3, -0.25) is 10.1 Å². The normalized spacial score (nSPS) is 11.1. The van der Waals surface area contributed by atoms with Crippen LogP contribution in [0.2, 0.25) is 0 Å². The molecule has 0 aliphatic rings. The molecular weight excluding hydrogens is 400 g/mol. The van der Waals surface area contributed by atoms with Gasteiger partial charge in [0.15, 0.2) is 0 Å². The van der Waals surface area contributed by atoms with Crippen LogP contribution in [0.5, 0.6) is 0 Å². The zero-order chi connectivity index (χ0) is 21.2. The van der Waals surface area contributed by atoms with Crippen LogP contribution in [0.25, 0.3) is 0 Å². The molecule has 0 spiro atoms. The second kappa shape index (κ2) is 7.63. The average Bonchev–Trinajstić information content (AvgIpc) is 2.60. The number of anilines is 4. The van der Waals surface area contributed by atoms with Gasteiger partial charge in [-0.2, -0.15) is 0 Å². The molecular formula is C16H16N8O4S. The van der Waals surface area contributed by atoms with Crippen molar-refractivity contribution in [3.05, 3.63) is 58.2 Å². The van der Waals surface area contributed by atoms with Gasteiger partial charge in [0.2, 0.25) is 17.6 Å². The highest BCUT2D eigenvalue weighted by atomic mass is 32.2. The number of nitrogen functional groups attached to an aromatic ring is 1. The fourth-order valence-corrected chi connectivity index (χ4v) is 3.41. The number of benzene rings is 1. The van der Waals surface area contributed by atoms with Gasteiger partial charge in [-0.05, 0) is 44.2 Å². The number of aryl methyl sites for hydroxylation is 2. The minimum absolute atomic E-state index is 0.0308. The molecule has 2 aromatic heterocycles. The van der Waals surface area contributed by atoms with Crippen LogP contribution in [-0.4, -0.2) is 33.3 Å². The van der Waals surface area contributed by atoms with E-state index in [1.165, 1.54) is 24.3 Å². The first-order valence-electron chi connectivity index (χ1n) is 8.13. The molecule has 0 bridgehead atoms. The summed E-state index contributed by atoms with van der Waals surface area (Å²) in [5.41, 5.74) is 6.66. The fourth-order valence-electron chi connectivity index (χ4n) is 2.47. The number of nitro groups is 1. The fraction of sp³-hybridized carbons (Fsp3) is 0.125. The topological polar surface area (TPSA) is 179 Å². The molecule has 2 heterocycles. The highest BCUT2D eigenvalue weighted by Crippen LogP contribution is 2.29. The Morgan fingerprint density at radius 1 is 1.07 bits per heavy atom. The lowest BCUT2D eigenvalue weighted by Crippen LogP contribution is -2.15. The summed E-state index contributed by atoms with van der Waals surface area (Å²) >= 11 is 0. The zero-order valence-corrected chi connectivity index (χ0v) is 16.1. The Labute approximate surface area is 165 Å². The third kappa shape index (κ3) is 4.52. The van der Waals surface area contributed by atoms with Crippen LogP contribution in [-0.2, 0) is 10.0 Å². The van der Waals surface area contributed by atoms with Gasteiger partial charge in [-0.15, -0.1) is 0 Å². The number of sulfonamides is 1. The first kappa shape index (κ1) is 19.9. The van der Waals surface area contributed by atoms with Crippen molar-refractivity contribution in [2.24, 2.45) is 0 Å². The highest BCUT2D eigenvalue weighted by molar-refractivity contribution is 7.92. The Kier molecular flexibility index (Phi) is 5.23. The molecule has 13 heteroatoms. The average molecular weight is 416 g/mol. The highest BCUT2D eigenvalue weighted by Gasteiger charge is 2.21. The summed E-state index contributed by atoms with van der Waals surface area (Å²) in [6, 6.07) is 7.22. The summed E-state index contributed by atoms with van der Waals surface area (Å²) in [7, 11) is -3.92. The monoisotopic (exact) mass is 416 g/mol. The Hall–Kier alpha value is -3.87. The molecule has 4 N–H and O–H groups in total. The van der Waals surface area contributed by atoms with E-state index in [-0.39, 0.29) is 22.5 Å². The van der Waals surface area contributed by atoms with E-state index in [1.807, 2.05) is 0 Å². The second-order valence-corrected chi connectivity index (χ2v) is 7.62. The maximum absolute atomic E-state index is 12.5. The van der Waals surface area contributed by atoms with E-state index in [0.717, 1.165) is 6.33 Å². The predicted molar refractivity (Wildman–Crippen MR) is 105 cm³/mol. The van der Waals surface area contributed by atoms with E-state index in [1.54, 1.807) is 19.9 Å². The van der Waals surface area contributed by atoms with Crippen LogP contribution < -0.4 is 15.8 Å². The maximum atomic E-state index is 12.5. The molecule has 150 valence electrons. The van der Waals surface area contributed by atoms with Crippen LogP contribution in [0.3, 0.4) is 0 Å². The van der Waals surface area contributed by atoms with Gasteiger partial charge in [0, 0.05) is 17.1 Å². The summed E-state index contributed by atoms with van der Waals surface area (Å²) < 4.78 is 27.4. The van der Waals surface area contributed by atoms with E-state index in [0.29, 0.717) is 17.1 Å². The molecule has 0 saturated carbocycles. The number of hydrogen-bond donors (Lipinski definition) is 3. The lowest BCUT2D eigenvalue weighted by atomic mass is 10.3.